The molecule has 1 aromatic carbocycles. The Kier molecular flexibility index (Phi) is 9.93. The molecule has 1 aromatic rings. The minimum absolute atomic E-state index is 0.00855. The van der Waals surface area contributed by atoms with Crippen molar-refractivity contribution in [1.29, 1.82) is 0 Å². The van der Waals surface area contributed by atoms with Crippen LogP contribution in [0.3, 0.4) is 0 Å². The molecule has 10 nitrogen and oxygen atoms in total. The predicted molar refractivity (Wildman–Crippen MR) is 156 cm³/mol. The number of rotatable bonds is 12. The van der Waals surface area contributed by atoms with Gasteiger partial charge in [-0.1, -0.05) is 55.8 Å². The van der Waals surface area contributed by atoms with Crippen LogP contribution in [0.4, 0.5) is 4.79 Å². The Balaban J connectivity index is 1.26. The highest BCUT2D eigenvalue weighted by Gasteiger charge is 2.49. The molecule has 1 saturated heterocycles. The smallest absolute Gasteiger partial charge is 0.408 e. The van der Waals surface area contributed by atoms with Crippen LogP contribution in [-0.2, 0) is 25.7 Å². The molecule has 3 unspecified atom stereocenters. The Morgan fingerprint density at radius 2 is 1.79 bits per heavy atom. The molecule has 4 atom stereocenters. The molecule has 4 aliphatic rings. The van der Waals surface area contributed by atoms with Crippen molar-refractivity contribution in [3.8, 4) is 0 Å². The second-order valence-electron chi connectivity index (χ2n) is 12.7. The lowest BCUT2D eigenvalue weighted by atomic mass is 9.73. The van der Waals surface area contributed by atoms with E-state index in [-0.39, 0.29) is 36.4 Å². The highest BCUT2D eigenvalue weighted by Crippen LogP contribution is 2.42. The lowest BCUT2D eigenvalue weighted by Gasteiger charge is -2.38. The van der Waals surface area contributed by atoms with Crippen LogP contribution in [0.5, 0.6) is 0 Å². The first-order valence-corrected chi connectivity index (χ1v) is 15.9. The number of carbonyl (C=O) groups excluding carboxylic acids is 4. The number of benzene rings is 1. The van der Waals surface area contributed by atoms with E-state index < -0.39 is 42.0 Å². The van der Waals surface area contributed by atoms with Crippen molar-refractivity contribution < 1.29 is 29.0 Å². The van der Waals surface area contributed by atoms with Gasteiger partial charge in [0.1, 0.15) is 12.6 Å². The minimum Gasteiger partial charge on any atom is -0.445 e. The van der Waals surface area contributed by atoms with Gasteiger partial charge in [0.25, 0.3) is 5.91 Å². The summed E-state index contributed by atoms with van der Waals surface area (Å²) in [6.45, 7) is -0.00855. The Morgan fingerprint density at radius 1 is 1.02 bits per heavy atom. The van der Waals surface area contributed by atoms with Crippen LogP contribution in [0, 0.1) is 11.8 Å². The molecule has 3 aliphatic carbocycles. The van der Waals surface area contributed by atoms with Gasteiger partial charge in [0.05, 0.1) is 6.04 Å². The van der Waals surface area contributed by atoms with E-state index in [0.29, 0.717) is 17.9 Å². The fourth-order valence-corrected chi connectivity index (χ4v) is 6.82. The van der Waals surface area contributed by atoms with Crippen LogP contribution < -0.4 is 21.3 Å². The summed E-state index contributed by atoms with van der Waals surface area (Å²) < 4.78 is 5.40. The molecule has 1 aliphatic heterocycles. The first-order valence-electron chi connectivity index (χ1n) is 15.5. The number of hydrogen-bond acceptors (Lipinski definition) is 6. The van der Waals surface area contributed by atoms with E-state index in [1.807, 2.05) is 0 Å². The number of aliphatic hydroxyl groups excluding tert-OH is 1. The van der Waals surface area contributed by atoms with Gasteiger partial charge in [-0.25, -0.2) is 4.79 Å². The third-order valence-corrected chi connectivity index (χ3v) is 9.54. The van der Waals surface area contributed by atoms with Crippen molar-refractivity contribution in [2.75, 3.05) is 0 Å². The number of nitrogens with one attached hydrogen (secondary N) is 4. The lowest BCUT2D eigenvalue weighted by Crippen LogP contribution is -2.56. The summed E-state index contributed by atoms with van der Waals surface area (Å²) in [5.74, 6) is -1.34. The van der Waals surface area contributed by atoms with Crippen molar-refractivity contribution in [3.63, 3.8) is 0 Å². The van der Waals surface area contributed by atoms with Crippen molar-refractivity contribution in [1.82, 2.24) is 21.3 Å². The van der Waals surface area contributed by atoms with Crippen LogP contribution in [-0.4, -0.2) is 58.7 Å². The van der Waals surface area contributed by atoms with E-state index in [0.717, 1.165) is 69.8 Å². The second-order valence-corrected chi connectivity index (χ2v) is 13.2. The van der Waals surface area contributed by atoms with Crippen LogP contribution >= 0.6 is 11.6 Å². The van der Waals surface area contributed by atoms with Crippen LogP contribution in [0.15, 0.2) is 24.3 Å². The van der Waals surface area contributed by atoms with Crippen molar-refractivity contribution in [2.24, 2.45) is 11.8 Å². The Hall–Kier alpha value is -2.85. The third-order valence-electron chi connectivity index (χ3n) is 9.31. The summed E-state index contributed by atoms with van der Waals surface area (Å²) in [7, 11) is 0. The predicted octanol–water partition coefficient (Wildman–Crippen LogP) is 3.48. The average Bonchev–Trinajstić information content (AvgIpc) is 3.70. The van der Waals surface area contributed by atoms with Gasteiger partial charge in [0.2, 0.25) is 11.8 Å². The normalized spacial score (nSPS) is 23.7. The molecule has 5 rings (SSSR count). The minimum atomic E-state index is -1.52. The van der Waals surface area contributed by atoms with E-state index in [1.165, 1.54) is 0 Å². The van der Waals surface area contributed by atoms with Gasteiger partial charge in [0.15, 0.2) is 6.10 Å². The Bertz CT molecular complexity index is 1150. The van der Waals surface area contributed by atoms with E-state index in [2.05, 4.69) is 21.3 Å². The summed E-state index contributed by atoms with van der Waals surface area (Å²) in [4.78, 5) is 52.3. The van der Waals surface area contributed by atoms with Crippen molar-refractivity contribution >= 4 is 35.4 Å². The number of hydrogen-bond donors (Lipinski definition) is 5. The third kappa shape index (κ3) is 8.16. The highest BCUT2D eigenvalue weighted by molar-refractivity contribution is 6.30. The average molecular weight is 603 g/mol. The fraction of sp³-hybridized carbons (Fsp3) is 0.677. The maximum absolute atomic E-state index is 13.8. The summed E-state index contributed by atoms with van der Waals surface area (Å²) >= 11 is 6.04. The zero-order valence-corrected chi connectivity index (χ0v) is 24.8. The number of halogens is 1. The van der Waals surface area contributed by atoms with Crippen molar-refractivity contribution in [3.05, 3.63) is 34.9 Å². The standard InChI is InChI=1S/C31H43ClN4O6/c32-22-9-4-8-20(14-22)18-42-30(41)35-25(15-19-6-2-1-3-7-19)28(39)34-24(26(37)29(40)33-23-10-11-23)16-21-17-31(12-5-13-31)36-27(21)38/h4,8-9,14,19,21,23-26,37H,1-3,5-7,10-13,15-18H2,(H,33,40)(H,34,39)(H,35,41)(H,36,38)/t21?,24?,25-,26?/m0/s1. The number of carbonyl (C=O) groups is 4. The maximum Gasteiger partial charge on any atom is 0.408 e. The first-order chi connectivity index (χ1) is 20.2. The van der Waals surface area contributed by atoms with Gasteiger partial charge in [-0.15, -0.1) is 0 Å². The zero-order chi connectivity index (χ0) is 29.7. The molecule has 0 radical (unpaired) electrons. The molecule has 0 bridgehead atoms. The van der Waals surface area contributed by atoms with E-state index >= 15 is 0 Å². The van der Waals surface area contributed by atoms with Gasteiger partial charge >= 0.3 is 6.09 Å². The van der Waals surface area contributed by atoms with Crippen LogP contribution in [0.25, 0.3) is 0 Å². The number of amides is 4. The largest absolute Gasteiger partial charge is 0.445 e. The highest BCUT2D eigenvalue weighted by atomic mass is 35.5. The summed E-state index contributed by atoms with van der Waals surface area (Å²) in [5, 5.41) is 23.1. The zero-order valence-electron chi connectivity index (χ0n) is 24.0. The van der Waals surface area contributed by atoms with E-state index in [4.69, 9.17) is 16.3 Å². The Morgan fingerprint density at radius 3 is 2.43 bits per heavy atom. The molecule has 11 heteroatoms. The maximum atomic E-state index is 13.8. The summed E-state index contributed by atoms with van der Waals surface area (Å²) in [5.41, 5.74) is 0.518. The monoisotopic (exact) mass is 602 g/mol. The van der Waals surface area contributed by atoms with Gasteiger partial charge in [-0.2, -0.15) is 0 Å². The van der Waals surface area contributed by atoms with E-state index in [1.54, 1.807) is 24.3 Å². The molecule has 3 saturated carbocycles. The molecular formula is C31H43ClN4O6. The number of aliphatic hydroxyl groups is 1. The fourth-order valence-electron chi connectivity index (χ4n) is 6.60. The van der Waals surface area contributed by atoms with Crippen LogP contribution in [0.1, 0.15) is 89.0 Å². The van der Waals surface area contributed by atoms with Gasteiger partial charge in [-0.05, 0) is 75.0 Å². The SMILES string of the molecule is O=C(N[C@@H](CC1CCCCC1)C(=O)NC(CC1CC2(CCC2)NC1=O)C(O)C(=O)NC1CC1)OCc1cccc(Cl)c1. The van der Waals surface area contributed by atoms with Crippen molar-refractivity contribution in [2.45, 2.75) is 120 Å². The summed E-state index contributed by atoms with van der Waals surface area (Å²) in [6.07, 6.45) is 8.72. The lowest BCUT2D eigenvalue weighted by molar-refractivity contribution is -0.134. The number of alkyl carbamates (subject to hydrolysis) is 1. The summed E-state index contributed by atoms with van der Waals surface area (Å²) in [6, 6.07) is 5.11. The van der Waals surface area contributed by atoms with E-state index in [9.17, 15) is 24.3 Å². The molecule has 1 heterocycles. The number of ether oxygens (including phenoxy) is 1. The molecule has 4 amide bonds. The molecule has 42 heavy (non-hydrogen) atoms. The van der Waals surface area contributed by atoms with Gasteiger partial charge in [-0.3, -0.25) is 14.4 Å². The molecule has 4 fully saturated rings. The topological polar surface area (TPSA) is 146 Å². The first kappa shape index (κ1) is 30.6. The molecular weight excluding hydrogens is 560 g/mol. The Labute approximate surface area is 252 Å². The molecule has 230 valence electrons. The molecule has 5 N–H and O–H groups in total. The van der Waals surface area contributed by atoms with Gasteiger partial charge in [0, 0.05) is 22.5 Å². The quantitative estimate of drug-likeness (QED) is 0.248. The molecule has 1 spiro atoms. The second kappa shape index (κ2) is 13.6. The van der Waals surface area contributed by atoms with Crippen LogP contribution in [0.2, 0.25) is 5.02 Å². The molecule has 0 aromatic heterocycles. The van der Waals surface area contributed by atoms with Gasteiger partial charge < -0.3 is 31.1 Å².